The van der Waals surface area contributed by atoms with Crippen molar-refractivity contribution in [2.24, 2.45) is 5.41 Å². The fraction of sp³-hybridized carbons (Fsp3) is 1.00. The summed E-state index contributed by atoms with van der Waals surface area (Å²) in [4.78, 5) is 2.47. The van der Waals surface area contributed by atoms with E-state index in [0.717, 1.165) is 51.9 Å². The predicted molar refractivity (Wildman–Crippen MR) is 81.4 cm³/mol. The highest BCUT2D eigenvalue weighted by atomic mass is 16.5. The van der Waals surface area contributed by atoms with Crippen molar-refractivity contribution in [1.29, 1.82) is 0 Å². The molecule has 0 bridgehead atoms. The molecule has 0 radical (unpaired) electrons. The van der Waals surface area contributed by atoms with Crippen LogP contribution in [0, 0.1) is 5.41 Å². The molecule has 2 aliphatic heterocycles. The van der Waals surface area contributed by atoms with Crippen molar-refractivity contribution >= 4 is 0 Å². The maximum Gasteiger partial charge on any atom is 0.0936 e. The first-order valence-electron chi connectivity index (χ1n) is 8.49. The minimum atomic E-state index is -0.0355. The lowest BCUT2D eigenvalue weighted by atomic mass is 9.81. The van der Waals surface area contributed by atoms with Gasteiger partial charge in [-0.15, -0.1) is 0 Å². The molecule has 122 valence electrons. The van der Waals surface area contributed by atoms with Gasteiger partial charge in [0.15, 0.2) is 0 Å². The first kappa shape index (κ1) is 15.7. The zero-order chi connectivity index (χ0) is 14.7. The maximum atomic E-state index is 9.39. The first-order valence-corrected chi connectivity index (χ1v) is 8.49. The lowest BCUT2D eigenvalue weighted by Gasteiger charge is -2.44. The third kappa shape index (κ3) is 4.39. The molecule has 3 atom stereocenters. The van der Waals surface area contributed by atoms with Crippen LogP contribution in [0.4, 0.5) is 0 Å². The molecule has 0 spiro atoms. The van der Waals surface area contributed by atoms with Gasteiger partial charge >= 0.3 is 0 Å². The number of hydrogen-bond donors (Lipinski definition) is 2. The molecular formula is C16H30N2O3. The second-order valence-electron chi connectivity index (χ2n) is 7.26. The summed E-state index contributed by atoms with van der Waals surface area (Å²) in [7, 11) is 0. The fourth-order valence-corrected chi connectivity index (χ4v) is 3.72. The van der Waals surface area contributed by atoms with Crippen molar-refractivity contribution in [3.05, 3.63) is 0 Å². The number of morpholine rings is 1. The molecular weight excluding hydrogens is 268 g/mol. The van der Waals surface area contributed by atoms with Crippen LogP contribution in [-0.2, 0) is 9.47 Å². The van der Waals surface area contributed by atoms with E-state index in [1.807, 2.05) is 0 Å². The Morgan fingerprint density at radius 3 is 2.86 bits per heavy atom. The summed E-state index contributed by atoms with van der Waals surface area (Å²) in [6.07, 6.45) is 5.23. The molecule has 3 aliphatic rings. The highest BCUT2D eigenvalue weighted by Gasteiger charge is 2.38. The molecule has 0 aromatic heterocycles. The SMILES string of the molecule is CC1CN(CC2(CNC3CC3)CCCOC2)CC(CO)O1. The first-order chi connectivity index (χ1) is 10.2. The highest BCUT2D eigenvalue weighted by Crippen LogP contribution is 2.31. The largest absolute Gasteiger partial charge is 0.394 e. The average Bonchev–Trinajstić information content (AvgIpc) is 3.30. The smallest absolute Gasteiger partial charge is 0.0936 e. The maximum absolute atomic E-state index is 9.39. The summed E-state index contributed by atoms with van der Waals surface area (Å²) in [5.74, 6) is 0. The Kier molecular flexibility index (Phi) is 5.17. The van der Waals surface area contributed by atoms with Crippen LogP contribution < -0.4 is 5.32 Å². The zero-order valence-electron chi connectivity index (χ0n) is 13.2. The van der Waals surface area contributed by atoms with E-state index in [1.54, 1.807) is 0 Å². The third-order valence-corrected chi connectivity index (χ3v) is 4.91. The number of hydrogen-bond acceptors (Lipinski definition) is 5. The van der Waals surface area contributed by atoms with Crippen LogP contribution in [0.15, 0.2) is 0 Å². The molecule has 2 heterocycles. The summed E-state index contributed by atoms with van der Waals surface area (Å²) in [5.41, 5.74) is 0.234. The van der Waals surface area contributed by atoms with E-state index in [2.05, 4.69) is 17.1 Å². The number of nitrogens with zero attached hydrogens (tertiary/aromatic N) is 1. The predicted octanol–water partition coefficient (Wildman–Crippen LogP) is 0.617. The lowest BCUT2D eigenvalue weighted by molar-refractivity contribution is -0.112. The van der Waals surface area contributed by atoms with Crippen LogP contribution in [0.25, 0.3) is 0 Å². The van der Waals surface area contributed by atoms with Crippen molar-refractivity contribution in [3.63, 3.8) is 0 Å². The minimum absolute atomic E-state index is 0.0355. The number of nitrogens with one attached hydrogen (secondary N) is 1. The van der Waals surface area contributed by atoms with Crippen LogP contribution in [0.2, 0.25) is 0 Å². The Balaban J connectivity index is 1.59. The van der Waals surface area contributed by atoms with Crippen molar-refractivity contribution in [1.82, 2.24) is 10.2 Å². The molecule has 2 N–H and O–H groups in total. The molecule has 3 rings (SSSR count). The monoisotopic (exact) mass is 298 g/mol. The lowest BCUT2D eigenvalue weighted by Crippen LogP contribution is -2.55. The van der Waals surface area contributed by atoms with E-state index in [4.69, 9.17) is 9.47 Å². The summed E-state index contributed by atoms with van der Waals surface area (Å²) in [5, 5.41) is 13.1. The molecule has 2 saturated heterocycles. The Hall–Kier alpha value is -0.200. The van der Waals surface area contributed by atoms with Gasteiger partial charge in [0, 0.05) is 44.2 Å². The van der Waals surface area contributed by atoms with Gasteiger partial charge in [-0.1, -0.05) is 0 Å². The van der Waals surface area contributed by atoms with Gasteiger partial charge in [-0.25, -0.2) is 0 Å². The standard InChI is InChI=1S/C16H30N2O3/c1-13-7-18(8-15(9-19)21-13)11-16(5-2-6-20-12-16)10-17-14-3-4-14/h13-15,17,19H,2-12H2,1H3. The average molecular weight is 298 g/mol. The van der Waals surface area contributed by atoms with E-state index in [1.165, 1.54) is 19.3 Å². The van der Waals surface area contributed by atoms with E-state index >= 15 is 0 Å². The summed E-state index contributed by atoms with van der Waals surface area (Å²) in [6.45, 7) is 7.90. The van der Waals surface area contributed by atoms with Crippen molar-refractivity contribution in [2.45, 2.75) is 50.9 Å². The van der Waals surface area contributed by atoms with Crippen LogP contribution in [0.5, 0.6) is 0 Å². The Morgan fingerprint density at radius 2 is 2.19 bits per heavy atom. The van der Waals surface area contributed by atoms with Gasteiger partial charge in [0.25, 0.3) is 0 Å². The molecule has 3 unspecified atom stereocenters. The normalized spacial score (nSPS) is 38.6. The second kappa shape index (κ2) is 6.92. The molecule has 0 aromatic carbocycles. The van der Waals surface area contributed by atoms with Gasteiger partial charge in [0.05, 0.1) is 25.4 Å². The van der Waals surface area contributed by atoms with E-state index in [-0.39, 0.29) is 24.2 Å². The van der Waals surface area contributed by atoms with E-state index in [9.17, 15) is 5.11 Å². The Morgan fingerprint density at radius 1 is 1.33 bits per heavy atom. The second-order valence-corrected chi connectivity index (χ2v) is 7.26. The summed E-state index contributed by atoms with van der Waals surface area (Å²) < 4.78 is 11.6. The molecule has 1 aliphatic carbocycles. The van der Waals surface area contributed by atoms with Crippen molar-refractivity contribution < 1.29 is 14.6 Å². The topological polar surface area (TPSA) is 54.0 Å². The Bertz CT molecular complexity index is 329. The highest BCUT2D eigenvalue weighted by molar-refractivity contribution is 4.92. The van der Waals surface area contributed by atoms with Crippen LogP contribution in [0.1, 0.15) is 32.6 Å². The summed E-state index contributed by atoms with van der Waals surface area (Å²) in [6, 6.07) is 0.748. The van der Waals surface area contributed by atoms with Gasteiger partial charge in [-0.3, -0.25) is 4.90 Å². The molecule has 5 nitrogen and oxygen atoms in total. The zero-order valence-corrected chi connectivity index (χ0v) is 13.2. The minimum Gasteiger partial charge on any atom is -0.394 e. The third-order valence-electron chi connectivity index (χ3n) is 4.91. The van der Waals surface area contributed by atoms with Crippen molar-refractivity contribution in [3.8, 4) is 0 Å². The Labute approximate surface area is 128 Å². The number of rotatable bonds is 6. The number of aliphatic hydroxyl groups is 1. The van der Waals surface area contributed by atoms with Gasteiger partial charge in [-0.05, 0) is 32.6 Å². The quantitative estimate of drug-likeness (QED) is 0.753. The van der Waals surface area contributed by atoms with E-state index in [0.29, 0.717) is 0 Å². The summed E-state index contributed by atoms with van der Waals surface area (Å²) >= 11 is 0. The van der Waals surface area contributed by atoms with Crippen LogP contribution in [0.3, 0.4) is 0 Å². The van der Waals surface area contributed by atoms with Gasteiger partial charge < -0.3 is 19.9 Å². The van der Waals surface area contributed by atoms with Gasteiger partial charge in [0.1, 0.15) is 0 Å². The van der Waals surface area contributed by atoms with Crippen LogP contribution in [-0.4, -0.2) is 74.3 Å². The van der Waals surface area contributed by atoms with Gasteiger partial charge in [-0.2, -0.15) is 0 Å². The van der Waals surface area contributed by atoms with Crippen molar-refractivity contribution in [2.75, 3.05) is 46.0 Å². The molecule has 0 amide bonds. The molecule has 1 saturated carbocycles. The molecule has 5 heteroatoms. The number of aliphatic hydroxyl groups excluding tert-OH is 1. The van der Waals surface area contributed by atoms with Gasteiger partial charge in [0.2, 0.25) is 0 Å². The number of ether oxygens (including phenoxy) is 2. The van der Waals surface area contributed by atoms with E-state index < -0.39 is 0 Å². The fourth-order valence-electron chi connectivity index (χ4n) is 3.72. The molecule has 3 fully saturated rings. The van der Waals surface area contributed by atoms with Crippen LogP contribution >= 0.6 is 0 Å². The molecule has 0 aromatic rings. The molecule has 21 heavy (non-hydrogen) atoms.